The van der Waals surface area contributed by atoms with E-state index >= 15 is 0 Å². The van der Waals surface area contributed by atoms with Crippen molar-refractivity contribution in [2.75, 3.05) is 12.3 Å². The largest absolute Gasteiger partial charge is 0.416 e. The molecule has 2 heterocycles. The van der Waals surface area contributed by atoms with E-state index in [-0.39, 0.29) is 0 Å². The maximum Gasteiger partial charge on any atom is 0.276 e. The van der Waals surface area contributed by atoms with Crippen LogP contribution in [0, 0.1) is 6.92 Å². The molecule has 90 valence electrons. The van der Waals surface area contributed by atoms with Crippen LogP contribution in [-0.4, -0.2) is 27.5 Å². The molecule has 0 atom stereocenters. The highest BCUT2D eigenvalue weighted by Gasteiger charge is 2.01. The molecule has 0 spiro atoms. The molecule has 0 saturated heterocycles. The molecule has 2 aromatic rings. The van der Waals surface area contributed by atoms with Crippen LogP contribution in [0.25, 0.3) is 0 Å². The summed E-state index contributed by atoms with van der Waals surface area (Å²) in [5.74, 6) is 1.50. The van der Waals surface area contributed by atoms with Crippen molar-refractivity contribution in [1.82, 2.24) is 20.5 Å². The molecule has 0 aliphatic heterocycles. The normalized spacial score (nSPS) is 10.6. The molecular weight excluding hydrogens is 236 g/mol. The van der Waals surface area contributed by atoms with Crippen molar-refractivity contribution >= 4 is 11.8 Å². The number of thioether (sulfide) groups is 1. The first kappa shape index (κ1) is 12.1. The average Bonchev–Trinajstić information content (AvgIpc) is 2.76. The predicted octanol–water partition coefficient (Wildman–Crippen LogP) is 1.65. The van der Waals surface area contributed by atoms with Crippen LogP contribution in [0.1, 0.15) is 11.6 Å². The zero-order chi connectivity index (χ0) is 11.9. The van der Waals surface area contributed by atoms with E-state index in [1.54, 1.807) is 24.9 Å². The van der Waals surface area contributed by atoms with Gasteiger partial charge in [0.15, 0.2) is 0 Å². The first-order valence-corrected chi connectivity index (χ1v) is 6.37. The Balaban J connectivity index is 1.61. The Kier molecular flexibility index (Phi) is 4.52. The first-order chi connectivity index (χ1) is 8.34. The smallest absolute Gasteiger partial charge is 0.276 e. The lowest BCUT2D eigenvalue weighted by Gasteiger charge is -2.02. The zero-order valence-electron chi connectivity index (χ0n) is 9.59. The van der Waals surface area contributed by atoms with Crippen molar-refractivity contribution in [2.24, 2.45) is 0 Å². The van der Waals surface area contributed by atoms with Gasteiger partial charge in [0, 0.05) is 32.0 Å². The van der Waals surface area contributed by atoms with Crippen molar-refractivity contribution in [3.8, 4) is 0 Å². The Hall–Kier alpha value is -1.40. The molecule has 0 aliphatic carbocycles. The van der Waals surface area contributed by atoms with Crippen molar-refractivity contribution < 1.29 is 4.42 Å². The monoisotopic (exact) mass is 250 g/mol. The average molecular weight is 250 g/mol. The number of hydrogen-bond donors (Lipinski definition) is 1. The van der Waals surface area contributed by atoms with Crippen molar-refractivity contribution in [3.63, 3.8) is 0 Å². The summed E-state index contributed by atoms with van der Waals surface area (Å²) >= 11 is 1.55. The second-order valence-electron chi connectivity index (χ2n) is 3.43. The summed E-state index contributed by atoms with van der Waals surface area (Å²) in [5, 5.41) is 11.6. The van der Waals surface area contributed by atoms with Gasteiger partial charge in [-0.25, -0.2) is 0 Å². The number of aromatic nitrogens is 3. The van der Waals surface area contributed by atoms with Gasteiger partial charge >= 0.3 is 0 Å². The molecule has 2 aromatic heterocycles. The lowest BCUT2D eigenvalue weighted by Crippen LogP contribution is -2.17. The molecular formula is C11H14N4OS. The van der Waals surface area contributed by atoms with E-state index in [0.717, 1.165) is 24.5 Å². The molecule has 0 aromatic carbocycles. The molecule has 5 nitrogen and oxygen atoms in total. The summed E-state index contributed by atoms with van der Waals surface area (Å²) in [4.78, 5) is 4.23. The number of nitrogens with zero attached hydrogens (tertiary/aromatic N) is 3. The van der Waals surface area contributed by atoms with E-state index in [1.807, 2.05) is 18.2 Å². The van der Waals surface area contributed by atoms with Crippen molar-refractivity contribution in [3.05, 3.63) is 36.0 Å². The molecule has 0 unspecified atom stereocenters. The van der Waals surface area contributed by atoms with Gasteiger partial charge in [-0.1, -0.05) is 17.8 Å². The maximum absolute atomic E-state index is 5.25. The van der Waals surface area contributed by atoms with Gasteiger partial charge in [0.25, 0.3) is 5.22 Å². The summed E-state index contributed by atoms with van der Waals surface area (Å²) in [5.41, 5.74) is 1.05. The maximum atomic E-state index is 5.25. The fraction of sp³-hybridized carbons (Fsp3) is 0.364. The summed E-state index contributed by atoms with van der Waals surface area (Å²) in [6.07, 6.45) is 1.80. The summed E-state index contributed by atoms with van der Waals surface area (Å²) < 4.78 is 5.25. The quantitative estimate of drug-likeness (QED) is 0.621. The molecule has 0 amide bonds. The highest BCUT2D eigenvalue weighted by atomic mass is 32.2. The molecule has 0 radical (unpaired) electrons. The first-order valence-electron chi connectivity index (χ1n) is 5.38. The van der Waals surface area contributed by atoms with Gasteiger partial charge in [-0.2, -0.15) is 0 Å². The van der Waals surface area contributed by atoms with Crippen LogP contribution in [0.3, 0.4) is 0 Å². The topological polar surface area (TPSA) is 63.8 Å². The number of rotatable bonds is 6. The second kappa shape index (κ2) is 6.36. The second-order valence-corrected chi connectivity index (χ2v) is 4.48. The Morgan fingerprint density at radius 3 is 3.00 bits per heavy atom. The Labute approximate surface area is 104 Å². The molecule has 2 rings (SSSR count). The molecule has 1 N–H and O–H groups in total. The Morgan fingerprint density at radius 1 is 1.35 bits per heavy atom. The van der Waals surface area contributed by atoms with Gasteiger partial charge in [-0.3, -0.25) is 4.98 Å². The van der Waals surface area contributed by atoms with Crippen molar-refractivity contribution in [2.45, 2.75) is 18.7 Å². The minimum absolute atomic E-state index is 0.606. The van der Waals surface area contributed by atoms with Gasteiger partial charge in [0.2, 0.25) is 5.89 Å². The zero-order valence-corrected chi connectivity index (χ0v) is 10.4. The minimum atomic E-state index is 0.606. The van der Waals surface area contributed by atoms with Gasteiger partial charge in [0.05, 0.1) is 5.69 Å². The highest BCUT2D eigenvalue weighted by molar-refractivity contribution is 7.99. The van der Waals surface area contributed by atoms with E-state index in [4.69, 9.17) is 4.42 Å². The lowest BCUT2D eigenvalue weighted by atomic mass is 10.3. The van der Waals surface area contributed by atoms with Crippen LogP contribution >= 0.6 is 11.8 Å². The number of nitrogens with one attached hydrogen (secondary N) is 1. The van der Waals surface area contributed by atoms with Crippen LogP contribution in [0.5, 0.6) is 0 Å². The Bertz CT molecular complexity index is 446. The fourth-order valence-electron chi connectivity index (χ4n) is 1.27. The standard InChI is InChI=1S/C11H14N4OS/c1-9-14-15-11(16-9)17-7-6-12-8-10-4-2-3-5-13-10/h2-5,12H,6-8H2,1H3. The third-order valence-electron chi connectivity index (χ3n) is 2.04. The molecule has 6 heteroatoms. The summed E-state index contributed by atoms with van der Waals surface area (Å²) in [6, 6.07) is 5.90. The summed E-state index contributed by atoms with van der Waals surface area (Å²) in [6.45, 7) is 3.45. The van der Waals surface area contributed by atoms with E-state index in [2.05, 4.69) is 20.5 Å². The number of hydrogen-bond acceptors (Lipinski definition) is 6. The highest BCUT2D eigenvalue weighted by Crippen LogP contribution is 2.14. The lowest BCUT2D eigenvalue weighted by molar-refractivity contribution is 0.429. The minimum Gasteiger partial charge on any atom is -0.416 e. The molecule has 0 aliphatic rings. The number of pyridine rings is 1. The third kappa shape index (κ3) is 4.16. The van der Waals surface area contributed by atoms with Crippen LogP contribution in [-0.2, 0) is 6.54 Å². The van der Waals surface area contributed by atoms with E-state index in [9.17, 15) is 0 Å². The fourth-order valence-corrected chi connectivity index (χ4v) is 1.97. The van der Waals surface area contributed by atoms with E-state index in [1.165, 1.54) is 0 Å². The van der Waals surface area contributed by atoms with Gasteiger partial charge in [0.1, 0.15) is 0 Å². The van der Waals surface area contributed by atoms with Crippen LogP contribution in [0.2, 0.25) is 0 Å². The van der Waals surface area contributed by atoms with Crippen LogP contribution in [0.4, 0.5) is 0 Å². The predicted molar refractivity (Wildman–Crippen MR) is 65.7 cm³/mol. The SMILES string of the molecule is Cc1nnc(SCCNCc2ccccn2)o1. The van der Waals surface area contributed by atoms with Crippen LogP contribution in [0.15, 0.2) is 34.0 Å². The number of aryl methyl sites for hydroxylation is 1. The van der Waals surface area contributed by atoms with Crippen molar-refractivity contribution in [1.29, 1.82) is 0 Å². The molecule has 17 heavy (non-hydrogen) atoms. The molecule has 0 bridgehead atoms. The molecule has 0 fully saturated rings. The van der Waals surface area contributed by atoms with Gasteiger partial charge in [-0.15, -0.1) is 10.2 Å². The summed E-state index contributed by atoms with van der Waals surface area (Å²) in [7, 11) is 0. The van der Waals surface area contributed by atoms with E-state index < -0.39 is 0 Å². The van der Waals surface area contributed by atoms with E-state index in [0.29, 0.717) is 11.1 Å². The third-order valence-corrected chi connectivity index (χ3v) is 2.86. The Morgan fingerprint density at radius 2 is 2.29 bits per heavy atom. The van der Waals surface area contributed by atoms with Gasteiger partial charge in [-0.05, 0) is 12.1 Å². The molecule has 0 saturated carbocycles. The van der Waals surface area contributed by atoms with Crippen LogP contribution < -0.4 is 5.32 Å². The van der Waals surface area contributed by atoms with Gasteiger partial charge < -0.3 is 9.73 Å².